The van der Waals surface area contributed by atoms with E-state index in [-0.39, 0.29) is 17.5 Å². The van der Waals surface area contributed by atoms with Crippen LogP contribution < -0.4 is 4.90 Å². The molecule has 1 unspecified atom stereocenters. The Labute approximate surface area is 196 Å². The zero-order valence-corrected chi connectivity index (χ0v) is 19.8. The second-order valence-corrected chi connectivity index (χ2v) is 10.3. The largest absolute Gasteiger partial charge is 0.480 e. The van der Waals surface area contributed by atoms with Gasteiger partial charge in [-0.1, -0.05) is 56.7 Å². The van der Waals surface area contributed by atoms with E-state index in [1.54, 1.807) is 22.9 Å². The number of fused-ring (bicyclic) bond motifs is 1. The van der Waals surface area contributed by atoms with Gasteiger partial charge in [-0.05, 0) is 25.1 Å². The number of carbonyl (C=O) groups is 2. The average Bonchev–Trinajstić information content (AvgIpc) is 3.08. The Balaban J connectivity index is 2.08. The molecule has 0 saturated heterocycles. The van der Waals surface area contributed by atoms with Crippen molar-refractivity contribution in [3.05, 3.63) is 76.7 Å². The van der Waals surface area contributed by atoms with Crippen LogP contribution in [0.25, 0.3) is 5.69 Å². The lowest BCUT2D eigenvalue weighted by atomic mass is 9.87. The highest BCUT2D eigenvalue weighted by molar-refractivity contribution is 8.00. The summed E-state index contributed by atoms with van der Waals surface area (Å²) in [6.07, 6.45) is 0. The summed E-state index contributed by atoms with van der Waals surface area (Å²) in [7, 11) is 0. The molecular formula is C25H26FN3O3S. The Hall–Kier alpha value is -3.13. The number of hydrogen-bond donors (Lipinski definition) is 1. The first-order valence-electron chi connectivity index (χ1n) is 10.7. The number of nitrogens with zero attached hydrogens (tertiary/aromatic N) is 3. The van der Waals surface area contributed by atoms with E-state index in [0.717, 1.165) is 5.56 Å². The van der Waals surface area contributed by atoms with E-state index in [9.17, 15) is 19.1 Å². The number of benzene rings is 2. The first-order chi connectivity index (χ1) is 15.6. The Morgan fingerprint density at radius 1 is 1.18 bits per heavy atom. The molecule has 1 aliphatic heterocycles. The van der Waals surface area contributed by atoms with Gasteiger partial charge in [0.25, 0.3) is 0 Å². The number of anilines is 1. The number of aryl methyl sites for hydroxylation is 1. The number of carboxylic acid groups (broad SMARTS) is 1. The fourth-order valence-corrected chi connectivity index (χ4v) is 5.23. The second kappa shape index (κ2) is 8.67. The van der Waals surface area contributed by atoms with E-state index >= 15 is 0 Å². The zero-order chi connectivity index (χ0) is 23.9. The number of amides is 1. The van der Waals surface area contributed by atoms with Crippen molar-refractivity contribution in [1.82, 2.24) is 9.78 Å². The molecule has 2 aromatic carbocycles. The molecule has 4 rings (SSSR count). The number of aliphatic carboxylic acids is 1. The molecule has 0 bridgehead atoms. The third kappa shape index (κ3) is 4.39. The summed E-state index contributed by atoms with van der Waals surface area (Å²) >= 11 is 1.30. The number of carboxylic acids is 1. The quantitative estimate of drug-likeness (QED) is 0.592. The van der Waals surface area contributed by atoms with E-state index in [2.05, 4.69) is 0 Å². The molecule has 0 fully saturated rings. The van der Waals surface area contributed by atoms with Gasteiger partial charge in [-0.3, -0.25) is 14.5 Å². The minimum atomic E-state index is -1.13. The van der Waals surface area contributed by atoms with Crippen LogP contribution in [0.1, 0.15) is 48.4 Å². The third-order valence-corrected chi connectivity index (χ3v) is 6.80. The maximum Gasteiger partial charge on any atom is 0.323 e. The van der Waals surface area contributed by atoms with Gasteiger partial charge in [-0.15, -0.1) is 11.8 Å². The van der Waals surface area contributed by atoms with Crippen molar-refractivity contribution in [2.45, 2.75) is 38.4 Å². The highest BCUT2D eigenvalue weighted by Crippen LogP contribution is 2.48. The first-order valence-corrected chi connectivity index (χ1v) is 11.7. The Kier molecular flexibility index (Phi) is 6.05. The summed E-state index contributed by atoms with van der Waals surface area (Å²) in [6, 6.07) is 14.1. The lowest BCUT2D eigenvalue weighted by molar-refractivity contribution is -0.136. The fraction of sp³-hybridized carbons (Fsp3) is 0.320. The molecule has 1 amide bonds. The van der Waals surface area contributed by atoms with Gasteiger partial charge in [0.15, 0.2) is 0 Å². The standard InChI is InChI=1S/C25H26FN3O3S/c1-15-9-11-16(12-10-15)29-24-21(23(27-29)25(2,3)4)22(17-7-5-6-8-18(17)26)33-14-19(30)28(24)13-20(31)32/h5-12,22H,13-14H2,1-4H3,(H,31,32). The lowest BCUT2D eigenvalue weighted by Crippen LogP contribution is -2.38. The van der Waals surface area contributed by atoms with Gasteiger partial charge in [0.2, 0.25) is 5.91 Å². The van der Waals surface area contributed by atoms with Gasteiger partial charge in [-0.2, -0.15) is 5.10 Å². The van der Waals surface area contributed by atoms with E-state index in [1.165, 1.54) is 22.7 Å². The summed E-state index contributed by atoms with van der Waals surface area (Å²) in [5.41, 5.74) is 3.14. The topological polar surface area (TPSA) is 75.4 Å². The van der Waals surface area contributed by atoms with Crippen molar-refractivity contribution >= 4 is 29.5 Å². The van der Waals surface area contributed by atoms with Crippen molar-refractivity contribution in [2.24, 2.45) is 0 Å². The summed E-state index contributed by atoms with van der Waals surface area (Å²) in [6.45, 7) is 7.49. The number of carbonyl (C=O) groups excluding carboxylic acids is 1. The molecule has 2 heterocycles. The van der Waals surface area contributed by atoms with E-state index in [4.69, 9.17) is 5.10 Å². The number of rotatable bonds is 4. The van der Waals surface area contributed by atoms with Gasteiger partial charge in [0.1, 0.15) is 18.2 Å². The highest BCUT2D eigenvalue weighted by Gasteiger charge is 2.40. The molecule has 33 heavy (non-hydrogen) atoms. The minimum Gasteiger partial charge on any atom is -0.480 e. The highest BCUT2D eigenvalue weighted by atomic mass is 32.2. The molecule has 1 aromatic heterocycles. The van der Waals surface area contributed by atoms with E-state index in [0.29, 0.717) is 28.3 Å². The van der Waals surface area contributed by atoms with Crippen LogP contribution in [0.4, 0.5) is 10.2 Å². The molecule has 8 heteroatoms. The SMILES string of the molecule is Cc1ccc(-n2nc(C(C)(C)C)c3c2N(CC(=O)O)C(=O)CSC3c2ccccc2F)cc1. The molecule has 0 aliphatic carbocycles. The smallest absolute Gasteiger partial charge is 0.323 e. The molecule has 1 aliphatic rings. The predicted molar refractivity (Wildman–Crippen MR) is 128 cm³/mol. The fourth-order valence-electron chi connectivity index (χ4n) is 4.01. The van der Waals surface area contributed by atoms with Crippen molar-refractivity contribution in [2.75, 3.05) is 17.2 Å². The maximum atomic E-state index is 15.0. The minimum absolute atomic E-state index is 0.0262. The van der Waals surface area contributed by atoms with Crippen molar-refractivity contribution in [3.63, 3.8) is 0 Å². The average molecular weight is 468 g/mol. The van der Waals surface area contributed by atoms with Crippen molar-refractivity contribution in [3.8, 4) is 5.69 Å². The normalized spacial score (nSPS) is 16.5. The molecule has 0 saturated carbocycles. The van der Waals surface area contributed by atoms with Crippen LogP contribution in [0.3, 0.4) is 0 Å². The van der Waals surface area contributed by atoms with Gasteiger partial charge in [-0.25, -0.2) is 9.07 Å². The van der Waals surface area contributed by atoms with Crippen molar-refractivity contribution < 1.29 is 19.1 Å². The number of aromatic nitrogens is 2. The first kappa shape index (κ1) is 23.0. The molecular weight excluding hydrogens is 441 g/mol. The van der Waals surface area contributed by atoms with Crippen LogP contribution in [-0.2, 0) is 15.0 Å². The summed E-state index contributed by atoms with van der Waals surface area (Å²) in [5.74, 6) is -1.44. The number of hydrogen-bond acceptors (Lipinski definition) is 4. The Bertz CT molecular complexity index is 1210. The van der Waals surface area contributed by atoms with E-state index < -0.39 is 23.2 Å². The van der Waals surface area contributed by atoms with Crippen molar-refractivity contribution in [1.29, 1.82) is 0 Å². The molecule has 172 valence electrons. The zero-order valence-electron chi connectivity index (χ0n) is 19.0. The van der Waals surface area contributed by atoms with Gasteiger partial charge in [0.05, 0.1) is 22.4 Å². The molecule has 0 spiro atoms. The van der Waals surface area contributed by atoms with Gasteiger partial charge < -0.3 is 5.11 Å². The maximum absolute atomic E-state index is 15.0. The van der Waals surface area contributed by atoms with Gasteiger partial charge >= 0.3 is 5.97 Å². The molecule has 3 aromatic rings. The number of halogens is 1. The third-order valence-electron chi connectivity index (χ3n) is 5.56. The van der Waals surface area contributed by atoms with Crippen LogP contribution in [0.5, 0.6) is 0 Å². The van der Waals surface area contributed by atoms with Crippen LogP contribution in [0.2, 0.25) is 0 Å². The molecule has 1 N–H and O–H groups in total. The Morgan fingerprint density at radius 2 is 1.85 bits per heavy atom. The van der Waals surface area contributed by atoms with E-state index in [1.807, 2.05) is 52.0 Å². The summed E-state index contributed by atoms with van der Waals surface area (Å²) < 4.78 is 16.6. The van der Waals surface area contributed by atoms with Crippen LogP contribution in [0.15, 0.2) is 48.5 Å². The molecule has 0 radical (unpaired) electrons. The number of thioether (sulfide) groups is 1. The molecule has 1 atom stereocenters. The van der Waals surface area contributed by atoms with Crippen LogP contribution in [0, 0.1) is 12.7 Å². The summed E-state index contributed by atoms with van der Waals surface area (Å²) in [4.78, 5) is 26.2. The predicted octanol–water partition coefficient (Wildman–Crippen LogP) is 4.87. The lowest BCUT2D eigenvalue weighted by Gasteiger charge is -2.24. The second-order valence-electron chi connectivity index (χ2n) is 9.17. The monoisotopic (exact) mass is 467 g/mol. The van der Waals surface area contributed by atoms with Crippen LogP contribution in [-0.4, -0.2) is 39.1 Å². The summed E-state index contributed by atoms with van der Waals surface area (Å²) in [5, 5.41) is 14.0. The Morgan fingerprint density at radius 3 is 2.45 bits per heavy atom. The van der Waals surface area contributed by atoms with Crippen LogP contribution >= 0.6 is 11.8 Å². The molecule has 6 nitrogen and oxygen atoms in total. The van der Waals surface area contributed by atoms with Gasteiger partial charge in [0, 0.05) is 16.5 Å².